The van der Waals surface area contributed by atoms with Gasteiger partial charge in [-0.05, 0) is 60.8 Å². The van der Waals surface area contributed by atoms with Gasteiger partial charge in [0, 0.05) is 22.7 Å². The van der Waals surface area contributed by atoms with Gasteiger partial charge in [0.05, 0.1) is 11.1 Å². The maximum absolute atomic E-state index is 14.7. The zero-order valence-corrected chi connectivity index (χ0v) is 15.4. The fourth-order valence-corrected chi connectivity index (χ4v) is 4.27. The molecule has 4 aromatic rings. The number of hydrogen-bond acceptors (Lipinski definition) is 4. The number of nitrogens with one attached hydrogen (secondary N) is 1. The van der Waals surface area contributed by atoms with E-state index in [9.17, 15) is 14.0 Å². The van der Waals surface area contributed by atoms with Crippen molar-refractivity contribution >= 4 is 38.3 Å². The van der Waals surface area contributed by atoms with E-state index in [0.29, 0.717) is 21.6 Å². The molecule has 7 heteroatoms. The minimum atomic E-state index is -0.582. The number of halogens is 1. The molecule has 138 valence electrons. The van der Waals surface area contributed by atoms with Crippen molar-refractivity contribution in [2.75, 3.05) is 5.73 Å². The van der Waals surface area contributed by atoms with E-state index in [1.807, 2.05) is 4.57 Å². The van der Waals surface area contributed by atoms with Crippen molar-refractivity contribution < 1.29 is 4.39 Å². The summed E-state index contributed by atoms with van der Waals surface area (Å²) >= 11 is 1.14. The number of hydrogen-bond donors (Lipinski definition) is 2. The molecule has 0 bridgehead atoms. The van der Waals surface area contributed by atoms with Gasteiger partial charge in [0.25, 0.3) is 5.56 Å². The predicted octanol–water partition coefficient (Wildman–Crippen LogP) is 3.36. The highest BCUT2D eigenvalue weighted by molar-refractivity contribution is 7.12. The van der Waals surface area contributed by atoms with Gasteiger partial charge in [-0.15, -0.1) is 0 Å². The Morgan fingerprint density at radius 1 is 1.14 bits per heavy atom. The van der Waals surface area contributed by atoms with Gasteiger partial charge >= 0.3 is 0 Å². The maximum atomic E-state index is 14.7. The first-order valence-electron chi connectivity index (χ1n) is 8.79. The average Bonchev–Trinajstić information content (AvgIpc) is 3.44. The lowest BCUT2D eigenvalue weighted by atomic mass is 10.1. The second-order valence-electron chi connectivity index (χ2n) is 6.86. The van der Waals surface area contributed by atoms with Crippen LogP contribution in [0.1, 0.15) is 30.0 Å². The zero-order valence-electron chi connectivity index (χ0n) is 14.6. The highest BCUT2D eigenvalue weighted by atomic mass is 32.1. The first-order valence-corrected chi connectivity index (χ1v) is 9.61. The summed E-state index contributed by atoms with van der Waals surface area (Å²) in [5, 5.41) is 0.309. The minimum absolute atomic E-state index is 0.101. The molecule has 0 unspecified atom stereocenters. The van der Waals surface area contributed by atoms with Crippen molar-refractivity contribution in [3.05, 3.63) is 73.9 Å². The van der Waals surface area contributed by atoms with Crippen LogP contribution in [0.2, 0.25) is 0 Å². The number of nitrogens with two attached hydrogens (primary N) is 1. The smallest absolute Gasteiger partial charge is 0.271 e. The summed E-state index contributed by atoms with van der Waals surface area (Å²) in [6, 6.07) is 10.0. The van der Waals surface area contributed by atoms with E-state index in [4.69, 9.17) is 5.73 Å². The van der Waals surface area contributed by atoms with E-state index in [1.54, 1.807) is 30.3 Å². The minimum Gasteiger partial charge on any atom is -0.399 e. The summed E-state index contributed by atoms with van der Waals surface area (Å²) in [7, 11) is 0. The van der Waals surface area contributed by atoms with Crippen LogP contribution in [0.3, 0.4) is 0 Å². The molecule has 28 heavy (non-hydrogen) atoms. The van der Waals surface area contributed by atoms with Crippen LogP contribution >= 0.6 is 11.5 Å². The van der Waals surface area contributed by atoms with Crippen LogP contribution in [-0.2, 0) is 0 Å². The maximum Gasteiger partial charge on any atom is 0.271 e. The van der Waals surface area contributed by atoms with E-state index in [-0.39, 0.29) is 22.4 Å². The van der Waals surface area contributed by atoms with Crippen LogP contribution in [0.5, 0.6) is 0 Å². The lowest BCUT2D eigenvalue weighted by Crippen LogP contribution is -2.15. The molecule has 1 aliphatic rings. The summed E-state index contributed by atoms with van der Waals surface area (Å²) < 4.78 is 19.3. The Morgan fingerprint density at radius 2 is 1.89 bits per heavy atom. The van der Waals surface area contributed by atoms with Crippen LogP contribution in [0.4, 0.5) is 10.1 Å². The SMILES string of the molecule is Nc1ccc(C#Cc2cc3c(cc2F)c(=O)c2c(=O)[nH]sc2n3C2CC2)cc1. The lowest BCUT2D eigenvalue weighted by molar-refractivity contribution is 0.625. The third kappa shape index (κ3) is 2.62. The molecule has 2 heterocycles. The Labute approximate surface area is 162 Å². The van der Waals surface area contributed by atoms with Crippen LogP contribution in [0.15, 0.2) is 46.0 Å². The van der Waals surface area contributed by atoms with Gasteiger partial charge in [0.2, 0.25) is 5.43 Å². The molecule has 0 atom stereocenters. The second kappa shape index (κ2) is 6.08. The Morgan fingerprint density at radius 3 is 2.61 bits per heavy atom. The van der Waals surface area contributed by atoms with Crippen molar-refractivity contribution in [3.63, 3.8) is 0 Å². The van der Waals surface area contributed by atoms with E-state index in [0.717, 1.165) is 24.4 Å². The van der Waals surface area contributed by atoms with Gasteiger partial charge in [-0.25, -0.2) is 4.39 Å². The molecule has 0 amide bonds. The number of benzene rings is 2. The molecule has 0 saturated heterocycles. The number of aromatic amines is 1. The van der Waals surface area contributed by atoms with Gasteiger partial charge in [0.1, 0.15) is 16.0 Å². The first kappa shape index (κ1) is 16.8. The number of nitrogens with zero attached hydrogens (tertiary/aromatic N) is 1. The van der Waals surface area contributed by atoms with E-state index >= 15 is 0 Å². The molecule has 3 N–H and O–H groups in total. The lowest BCUT2D eigenvalue weighted by Gasteiger charge is -2.12. The normalized spacial score (nSPS) is 13.6. The Kier molecular flexibility index (Phi) is 3.64. The molecular weight excluding hydrogens is 377 g/mol. The Balaban J connectivity index is 1.77. The largest absolute Gasteiger partial charge is 0.399 e. The molecule has 1 fully saturated rings. The molecule has 0 radical (unpaired) electrons. The quantitative estimate of drug-likeness (QED) is 0.386. The summed E-state index contributed by atoms with van der Waals surface area (Å²) in [6.45, 7) is 0. The Hall–Kier alpha value is -3.37. The van der Waals surface area contributed by atoms with Gasteiger partial charge in [-0.3, -0.25) is 14.0 Å². The molecule has 1 saturated carbocycles. The highest BCUT2D eigenvalue weighted by Gasteiger charge is 2.29. The highest BCUT2D eigenvalue weighted by Crippen LogP contribution is 2.40. The van der Waals surface area contributed by atoms with Crippen molar-refractivity contribution in [2.24, 2.45) is 0 Å². The monoisotopic (exact) mass is 391 g/mol. The molecule has 2 aromatic carbocycles. The number of aromatic nitrogens is 2. The summed E-state index contributed by atoms with van der Waals surface area (Å²) in [5.74, 6) is 5.20. The number of H-pyrrole nitrogens is 1. The number of anilines is 1. The molecule has 0 aliphatic heterocycles. The number of fused-ring (bicyclic) bond motifs is 2. The molecule has 5 rings (SSSR count). The fourth-order valence-electron chi connectivity index (χ4n) is 3.35. The van der Waals surface area contributed by atoms with Crippen LogP contribution in [-0.4, -0.2) is 8.94 Å². The van der Waals surface area contributed by atoms with Crippen molar-refractivity contribution in [1.29, 1.82) is 0 Å². The van der Waals surface area contributed by atoms with E-state index in [2.05, 4.69) is 16.2 Å². The Bertz CT molecular complexity index is 1430. The van der Waals surface area contributed by atoms with Gasteiger partial charge in [0.15, 0.2) is 0 Å². The molecule has 2 aromatic heterocycles. The number of rotatable bonds is 1. The fraction of sp³-hybridized carbons (Fsp3) is 0.143. The predicted molar refractivity (Wildman–Crippen MR) is 109 cm³/mol. The topological polar surface area (TPSA) is 80.9 Å². The third-order valence-electron chi connectivity index (χ3n) is 4.88. The van der Waals surface area contributed by atoms with E-state index in [1.165, 1.54) is 6.07 Å². The average molecular weight is 391 g/mol. The zero-order chi connectivity index (χ0) is 19.4. The van der Waals surface area contributed by atoms with Gasteiger partial charge in [-0.2, -0.15) is 0 Å². The standard InChI is InChI=1S/C21H14FN3O2S/c22-16-10-15-17(9-12(16)4-1-11-2-5-13(23)6-3-11)25(14-7-8-14)21-18(19(15)26)20(27)24-28-21/h2-3,5-6,9-10,14H,7-8,23H2,(H,24,27). The summed E-state index contributed by atoms with van der Waals surface area (Å²) in [5.41, 5.74) is 6.97. The molecule has 1 aliphatic carbocycles. The van der Waals surface area contributed by atoms with Crippen LogP contribution in [0.25, 0.3) is 21.1 Å². The van der Waals surface area contributed by atoms with Gasteiger partial charge < -0.3 is 10.3 Å². The van der Waals surface area contributed by atoms with Crippen molar-refractivity contribution in [1.82, 2.24) is 8.94 Å². The van der Waals surface area contributed by atoms with Crippen LogP contribution in [0, 0.1) is 17.7 Å². The third-order valence-corrected chi connectivity index (χ3v) is 5.76. The van der Waals surface area contributed by atoms with Crippen LogP contribution < -0.4 is 16.7 Å². The second-order valence-corrected chi connectivity index (χ2v) is 7.66. The van der Waals surface area contributed by atoms with Gasteiger partial charge in [-0.1, -0.05) is 11.8 Å². The molecular formula is C21H14FN3O2S. The molecule has 5 nitrogen and oxygen atoms in total. The first-order chi connectivity index (χ1) is 13.5. The van der Waals surface area contributed by atoms with E-state index < -0.39 is 16.8 Å². The summed E-state index contributed by atoms with van der Waals surface area (Å²) in [4.78, 5) is 25.5. The molecule has 0 spiro atoms. The van der Waals surface area contributed by atoms with Crippen molar-refractivity contribution in [3.8, 4) is 11.8 Å². The number of nitrogen functional groups attached to an aromatic ring is 1. The number of pyridine rings is 1. The summed E-state index contributed by atoms with van der Waals surface area (Å²) in [6.07, 6.45) is 1.92. The van der Waals surface area contributed by atoms with Crippen molar-refractivity contribution in [2.45, 2.75) is 18.9 Å².